The maximum absolute atomic E-state index is 14.6. The van der Waals surface area contributed by atoms with E-state index in [0.717, 1.165) is 34.5 Å². The summed E-state index contributed by atoms with van der Waals surface area (Å²) in [5.74, 6) is -2.52. The van der Waals surface area contributed by atoms with Gasteiger partial charge in [0.1, 0.15) is 29.4 Å². The summed E-state index contributed by atoms with van der Waals surface area (Å²) in [6.45, 7) is 1.75. The van der Waals surface area contributed by atoms with Crippen LogP contribution in [0.2, 0.25) is 0 Å². The third kappa shape index (κ3) is 8.45. The first kappa shape index (κ1) is 41.1. The van der Waals surface area contributed by atoms with Crippen LogP contribution < -0.4 is 20.1 Å². The zero-order valence-corrected chi connectivity index (χ0v) is 32.3. The molecule has 8 rings (SSSR count). The lowest BCUT2D eigenvalue weighted by Gasteiger charge is -2.29. The molecule has 7 N–H and O–H groups in total. The number of pyridine rings is 1. The Balaban J connectivity index is 0.00000275. The van der Waals surface area contributed by atoms with Crippen LogP contribution >= 0.6 is 0 Å². The number of rotatable bonds is 7. The Hall–Kier alpha value is -5.52. The van der Waals surface area contributed by atoms with Crippen molar-refractivity contribution in [2.24, 2.45) is 5.92 Å². The molecule has 0 spiro atoms. The molecule has 2 aliphatic carbocycles. The molecule has 2 aromatic heterocycles. The Labute approximate surface area is 329 Å². The zero-order chi connectivity index (χ0) is 38.3. The quantitative estimate of drug-likeness (QED) is 0.181. The number of nitrogens with one attached hydrogen (secondary N) is 3. The number of aryl methyl sites for hydroxylation is 1. The van der Waals surface area contributed by atoms with Crippen molar-refractivity contribution in [3.8, 4) is 5.88 Å². The molecule has 4 amide bonds. The van der Waals surface area contributed by atoms with Crippen molar-refractivity contribution in [2.45, 2.75) is 93.7 Å². The van der Waals surface area contributed by atoms with Crippen LogP contribution in [0.5, 0.6) is 5.88 Å². The summed E-state index contributed by atoms with van der Waals surface area (Å²) in [7, 11) is -3.89. The van der Waals surface area contributed by atoms with Crippen molar-refractivity contribution >= 4 is 55.3 Å². The molecule has 1 saturated heterocycles. The van der Waals surface area contributed by atoms with Crippen LogP contribution in [-0.2, 0) is 24.4 Å². The molecular weight excluding hydrogens is 755 g/mol. The van der Waals surface area contributed by atoms with Crippen molar-refractivity contribution in [2.75, 3.05) is 6.54 Å². The van der Waals surface area contributed by atoms with Crippen LogP contribution in [0.1, 0.15) is 74.0 Å². The number of nitrogens with zero attached hydrogens (tertiary/aromatic N) is 4. The predicted molar refractivity (Wildman–Crippen MR) is 210 cm³/mol. The molecular formula is C40H47N7O9S. The van der Waals surface area contributed by atoms with Crippen molar-refractivity contribution in [1.29, 1.82) is 0 Å². The molecule has 302 valence electrons. The molecule has 2 aliphatic heterocycles. The van der Waals surface area contributed by atoms with E-state index in [2.05, 4.69) is 25.3 Å². The monoisotopic (exact) mass is 801 g/mol. The number of hydrogen-bond acceptors (Lipinski definition) is 10. The van der Waals surface area contributed by atoms with Crippen molar-refractivity contribution in [3.05, 3.63) is 84.5 Å². The lowest BCUT2D eigenvalue weighted by molar-refractivity contribution is -0.141. The van der Waals surface area contributed by atoms with Gasteiger partial charge in [-0.15, -0.1) is 0 Å². The van der Waals surface area contributed by atoms with Gasteiger partial charge in [0.25, 0.3) is 11.8 Å². The van der Waals surface area contributed by atoms with Gasteiger partial charge in [-0.05, 0) is 63.0 Å². The molecule has 0 bridgehead atoms. The molecule has 17 heteroatoms. The van der Waals surface area contributed by atoms with Crippen molar-refractivity contribution in [3.63, 3.8) is 0 Å². The van der Waals surface area contributed by atoms with Crippen molar-refractivity contribution in [1.82, 2.24) is 35.2 Å². The third-order valence-corrected chi connectivity index (χ3v) is 12.8. The summed E-state index contributed by atoms with van der Waals surface area (Å²) in [6.07, 6.45) is 10.4. The minimum absolute atomic E-state index is 0. The Morgan fingerprint density at radius 3 is 2.40 bits per heavy atom. The topological polar surface area (TPSA) is 253 Å². The Kier molecular flexibility index (Phi) is 11.9. The summed E-state index contributed by atoms with van der Waals surface area (Å²) >= 11 is 0. The van der Waals surface area contributed by atoms with Crippen LogP contribution in [0.3, 0.4) is 0 Å². The minimum atomic E-state index is -3.89. The lowest BCUT2D eigenvalue weighted by Crippen LogP contribution is -2.58. The first-order valence-electron chi connectivity index (χ1n) is 18.9. The van der Waals surface area contributed by atoms with E-state index in [4.69, 9.17) is 9.72 Å². The number of carbonyl (C=O) groups excluding carboxylic acids is 4. The van der Waals surface area contributed by atoms with E-state index < -0.39 is 68.5 Å². The average Bonchev–Trinajstić information content (AvgIpc) is 4.11. The molecule has 2 saturated carbocycles. The van der Waals surface area contributed by atoms with E-state index >= 15 is 0 Å². The fourth-order valence-corrected chi connectivity index (χ4v) is 9.07. The van der Waals surface area contributed by atoms with E-state index in [-0.39, 0.29) is 36.0 Å². The minimum Gasteiger partial charge on any atom is -0.472 e. The maximum atomic E-state index is 14.6. The number of aromatic nitrogens is 3. The predicted octanol–water partition coefficient (Wildman–Crippen LogP) is 1.99. The molecule has 4 aliphatic rings. The first-order valence-corrected chi connectivity index (χ1v) is 20.5. The van der Waals surface area contributed by atoms with Gasteiger partial charge in [0.15, 0.2) is 0 Å². The third-order valence-electron chi connectivity index (χ3n) is 11.0. The summed E-state index contributed by atoms with van der Waals surface area (Å²) in [5.41, 5.74) is -0.0889. The highest BCUT2D eigenvalue weighted by molar-refractivity contribution is 7.91. The maximum Gasteiger partial charge on any atom is 0.272 e. The van der Waals surface area contributed by atoms with Crippen LogP contribution in [-0.4, -0.2) is 98.4 Å². The van der Waals surface area contributed by atoms with E-state index in [1.54, 1.807) is 6.92 Å². The van der Waals surface area contributed by atoms with Crippen LogP contribution in [0.15, 0.2) is 73.1 Å². The van der Waals surface area contributed by atoms with E-state index in [9.17, 15) is 27.6 Å². The van der Waals surface area contributed by atoms with Crippen LogP contribution in [0, 0.1) is 12.8 Å². The number of hydrogen-bond donors (Lipinski definition) is 3. The normalized spacial score (nSPS) is 25.6. The van der Waals surface area contributed by atoms with E-state index in [1.807, 2.05) is 60.7 Å². The first-order chi connectivity index (χ1) is 26.5. The fourth-order valence-electron chi connectivity index (χ4n) is 7.71. The number of allylic oxidation sites excluding steroid dienone is 1. The van der Waals surface area contributed by atoms with Gasteiger partial charge < -0.3 is 31.2 Å². The zero-order valence-electron chi connectivity index (χ0n) is 31.4. The highest BCUT2D eigenvalue weighted by atomic mass is 32.2. The SMILES string of the molecule is Cc1cnc(C(=O)NC2CCCCC/C=C\C3CC3(C(=O)NS(=O)(=O)C3CC3)NC(=O)C3CC(Oc4nc5ccccc5c5ccccc45)CN3C2=O)cn1.O.O. The second kappa shape index (κ2) is 16.5. The second-order valence-corrected chi connectivity index (χ2v) is 17.0. The van der Waals surface area contributed by atoms with Gasteiger partial charge in [0, 0.05) is 29.3 Å². The number of benzene rings is 2. The summed E-state index contributed by atoms with van der Waals surface area (Å²) in [4.78, 5) is 70.9. The number of ether oxygens (including phenoxy) is 1. The van der Waals surface area contributed by atoms with Gasteiger partial charge in [-0.25, -0.2) is 18.4 Å². The molecule has 4 aromatic rings. The number of amides is 4. The number of carbonyl (C=O) groups is 4. The summed E-state index contributed by atoms with van der Waals surface area (Å²) < 4.78 is 34.6. The molecule has 57 heavy (non-hydrogen) atoms. The largest absolute Gasteiger partial charge is 0.472 e. The Morgan fingerprint density at radius 2 is 1.67 bits per heavy atom. The summed E-state index contributed by atoms with van der Waals surface area (Å²) in [5, 5.41) is 7.79. The average molecular weight is 802 g/mol. The molecule has 4 heterocycles. The van der Waals surface area contributed by atoms with Gasteiger partial charge in [0.2, 0.25) is 27.7 Å². The number of fused-ring (bicyclic) bond motifs is 5. The van der Waals surface area contributed by atoms with Crippen LogP contribution in [0.4, 0.5) is 0 Å². The molecule has 16 nitrogen and oxygen atoms in total. The molecule has 5 unspecified atom stereocenters. The molecule has 2 aromatic carbocycles. The smallest absolute Gasteiger partial charge is 0.272 e. The van der Waals surface area contributed by atoms with Gasteiger partial charge in [-0.3, -0.25) is 28.9 Å². The van der Waals surface area contributed by atoms with Crippen LogP contribution in [0.25, 0.3) is 21.7 Å². The number of sulfonamides is 1. The fraction of sp³-hybridized carbons (Fsp3) is 0.425. The second-order valence-electron chi connectivity index (χ2n) is 15.0. The van der Waals surface area contributed by atoms with Gasteiger partial charge in [-0.1, -0.05) is 61.4 Å². The Bertz CT molecular complexity index is 2320. The highest BCUT2D eigenvalue weighted by Gasteiger charge is 2.62. The van der Waals surface area contributed by atoms with Gasteiger partial charge in [-0.2, -0.15) is 0 Å². The molecule has 5 atom stereocenters. The van der Waals surface area contributed by atoms with Gasteiger partial charge in [0.05, 0.1) is 29.2 Å². The lowest BCUT2D eigenvalue weighted by atomic mass is 10.0. The van der Waals surface area contributed by atoms with E-state index in [0.29, 0.717) is 43.7 Å². The highest BCUT2D eigenvalue weighted by Crippen LogP contribution is 2.46. The standard InChI is InChI=1S/C40H43N7O7S.2H2O/c1-24-21-42-33(22-41-24)35(48)43-32-16-6-4-2-3-5-11-25-20-40(25,39(51)46-55(52,53)27-17-18-27)45-36(49)34-19-26(23-47(34)38(32)50)54-37-30-14-8-7-12-28(30)29-13-9-10-15-31(29)44-37;;/h5,7-15,21-22,25-27,32,34H,2-4,6,16-20,23H2,1H3,(H,43,48)(H,45,49)(H,46,51);2*1H2/b11-5-;;. The van der Waals surface area contributed by atoms with Gasteiger partial charge >= 0.3 is 0 Å². The molecule has 0 radical (unpaired) electrons. The Morgan fingerprint density at radius 1 is 0.930 bits per heavy atom. The van der Waals surface area contributed by atoms with Crippen molar-refractivity contribution < 1.29 is 43.3 Å². The molecule has 3 fully saturated rings. The van der Waals surface area contributed by atoms with E-state index in [1.165, 1.54) is 17.3 Å². The number of para-hydroxylation sites is 1. The summed E-state index contributed by atoms with van der Waals surface area (Å²) in [6, 6.07) is 13.3.